The van der Waals surface area contributed by atoms with E-state index in [1.807, 2.05) is 0 Å². The summed E-state index contributed by atoms with van der Waals surface area (Å²) < 4.78 is 13.2. The van der Waals surface area contributed by atoms with Gasteiger partial charge in [-0.2, -0.15) is 0 Å². The molecule has 0 bridgehead atoms. The number of amides is 1. The number of carbonyl (C=O) groups excluding carboxylic acids is 1. The Kier molecular flexibility index (Phi) is 6.74. The van der Waals surface area contributed by atoms with Crippen molar-refractivity contribution in [1.29, 1.82) is 0 Å². The minimum Gasteiger partial charge on any atom is -0.351 e. The molecule has 1 N–H and O–H groups in total. The summed E-state index contributed by atoms with van der Waals surface area (Å²) in [4.78, 5) is 22.3. The number of alkyl halides is 1. The van der Waals surface area contributed by atoms with E-state index in [4.69, 9.17) is 0 Å². The van der Waals surface area contributed by atoms with Gasteiger partial charge < -0.3 is 5.32 Å². The summed E-state index contributed by atoms with van der Waals surface area (Å²) in [5.74, 6) is -0.925. The molecule has 0 heterocycles. The van der Waals surface area contributed by atoms with Gasteiger partial charge in [-0.15, -0.1) is 0 Å². The monoisotopic (exact) mass is 360 g/mol. The Hall–Kier alpha value is -1.50. The van der Waals surface area contributed by atoms with Crippen LogP contribution in [0.2, 0.25) is 0 Å². The number of rotatable bonds is 7. The van der Waals surface area contributed by atoms with Crippen molar-refractivity contribution in [3.05, 3.63) is 39.7 Å². The maximum Gasteiger partial charge on any atom is 0.282 e. The third kappa shape index (κ3) is 4.77. The van der Waals surface area contributed by atoms with Crippen molar-refractivity contribution in [3.63, 3.8) is 0 Å². The predicted molar refractivity (Wildman–Crippen MR) is 82.2 cm³/mol. The van der Waals surface area contributed by atoms with E-state index in [2.05, 4.69) is 35.1 Å². The zero-order chi connectivity index (χ0) is 16.0. The molecule has 0 aliphatic carbocycles. The van der Waals surface area contributed by atoms with E-state index in [-0.39, 0.29) is 10.4 Å². The number of nitrogens with one attached hydrogen (secondary N) is 1. The van der Waals surface area contributed by atoms with Crippen molar-refractivity contribution in [2.45, 2.75) is 31.5 Å². The molecule has 0 spiro atoms. The second-order valence-electron chi connectivity index (χ2n) is 4.72. The van der Waals surface area contributed by atoms with Crippen molar-refractivity contribution < 1.29 is 14.1 Å². The van der Waals surface area contributed by atoms with E-state index in [9.17, 15) is 19.3 Å². The number of hydrogen-bond acceptors (Lipinski definition) is 3. The molecule has 0 aliphatic rings. The Balaban J connectivity index is 2.80. The van der Waals surface area contributed by atoms with Gasteiger partial charge in [0.1, 0.15) is 11.4 Å². The molecule has 0 aliphatic heterocycles. The van der Waals surface area contributed by atoms with Gasteiger partial charge in [-0.1, -0.05) is 42.6 Å². The summed E-state index contributed by atoms with van der Waals surface area (Å²) in [5.41, 5.74) is -0.660. The molecule has 1 aromatic rings. The first-order valence-electron chi connectivity index (χ1n) is 6.76. The molecule has 116 valence electrons. The minimum absolute atomic E-state index is 0.0732. The highest BCUT2D eigenvalue weighted by molar-refractivity contribution is 9.09. The number of halogens is 2. The Labute approximate surface area is 131 Å². The van der Waals surface area contributed by atoms with Crippen molar-refractivity contribution in [3.8, 4) is 0 Å². The predicted octanol–water partition coefficient (Wildman–Crippen LogP) is 3.66. The topological polar surface area (TPSA) is 72.2 Å². The van der Waals surface area contributed by atoms with Crippen molar-refractivity contribution in [2.24, 2.45) is 5.92 Å². The smallest absolute Gasteiger partial charge is 0.282 e. The molecule has 1 atom stereocenters. The summed E-state index contributed by atoms with van der Waals surface area (Å²) in [6, 6.07) is 2.84. The molecule has 21 heavy (non-hydrogen) atoms. The second-order valence-corrected chi connectivity index (χ2v) is 5.90. The van der Waals surface area contributed by atoms with Crippen LogP contribution in [0, 0.1) is 21.8 Å². The van der Waals surface area contributed by atoms with Crippen molar-refractivity contribution in [2.75, 3.05) is 6.54 Å². The third-order valence-corrected chi connectivity index (χ3v) is 4.49. The van der Waals surface area contributed by atoms with Gasteiger partial charge in [0.25, 0.3) is 11.6 Å². The number of carbonyl (C=O) groups is 1. The molecule has 1 rings (SSSR count). The highest BCUT2D eigenvalue weighted by atomic mass is 79.9. The van der Waals surface area contributed by atoms with Gasteiger partial charge in [0, 0.05) is 17.4 Å². The molecule has 5 nitrogen and oxygen atoms in total. The highest BCUT2D eigenvalue weighted by Gasteiger charge is 2.22. The first-order chi connectivity index (χ1) is 9.90. The molecule has 1 amide bonds. The number of hydrogen-bond donors (Lipinski definition) is 1. The third-order valence-electron chi connectivity index (χ3n) is 3.42. The average molecular weight is 361 g/mol. The Morgan fingerprint density at radius 1 is 1.43 bits per heavy atom. The molecule has 0 saturated carbocycles. The van der Waals surface area contributed by atoms with E-state index in [1.165, 1.54) is 0 Å². The first kappa shape index (κ1) is 17.6. The van der Waals surface area contributed by atoms with E-state index < -0.39 is 22.3 Å². The van der Waals surface area contributed by atoms with Crippen molar-refractivity contribution >= 4 is 27.5 Å². The Morgan fingerprint density at radius 2 is 2.05 bits per heavy atom. The van der Waals surface area contributed by atoms with Crippen LogP contribution in [0.25, 0.3) is 0 Å². The highest BCUT2D eigenvalue weighted by Crippen LogP contribution is 2.21. The van der Waals surface area contributed by atoms with Gasteiger partial charge in [-0.3, -0.25) is 14.9 Å². The summed E-state index contributed by atoms with van der Waals surface area (Å²) in [7, 11) is 0. The number of nitro benzene ring substituents is 1. The summed E-state index contributed by atoms with van der Waals surface area (Å²) in [6.45, 7) is 4.45. The maximum absolute atomic E-state index is 13.2. The molecule has 7 heteroatoms. The zero-order valence-corrected chi connectivity index (χ0v) is 13.5. The average Bonchev–Trinajstić information content (AvgIpc) is 2.45. The van der Waals surface area contributed by atoms with E-state index in [0.717, 1.165) is 31.0 Å². The zero-order valence-electron chi connectivity index (χ0n) is 11.9. The lowest BCUT2D eigenvalue weighted by Crippen LogP contribution is -2.33. The summed E-state index contributed by atoms with van der Waals surface area (Å²) in [5, 5.41) is 13.5. The lowest BCUT2D eigenvalue weighted by molar-refractivity contribution is -0.385. The number of nitro groups is 1. The lowest BCUT2D eigenvalue weighted by atomic mass is 9.99. The van der Waals surface area contributed by atoms with Crippen LogP contribution in [0.5, 0.6) is 0 Å². The maximum atomic E-state index is 13.2. The molecular formula is C14H18BrFN2O3. The van der Waals surface area contributed by atoms with Crippen LogP contribution in [-0.4, -0.2) is 22.2 Å². The van der Waals surface area contributed by atoms with Crippen LogP contribution in [-0.2, 0) is 0 Å². The van der Waals surface area contributed by atoms with E-state index in [0.29, 0.717) is 12.5 Å². The van der Waals surface area contributed by atoms with Crippen LogP contribution in [0.4, 0.5) is 10.1 Å². The van der Waals surface area contributed by atoms with E-state index >= 15 is 0 Å². The summed E-state index contributed by atoms with van der Waals surface area (Å²) in [6.07, 6.45) is 1.92. The number of nitrogens with zero attached hydrogens (tertiary/aromatic N) is 1. The van der Waals surface area contributed by atoms with Crippen LogP contribution in [0.3, 0.4) is 0 Å². The molecule has 1 aromatic carbocycles. The van der Waals surface area contributed by atoms with Gasteiger partial charge in [0.2, 0.25) is 0 Å². The summed E-state index contributed by atoms with van der Waals surface area (Å²) >= 11 is 3.50. The molecule has 0 radical (unpaired) electrons. The van der Waals surface area contributed by atoms with Gasteiger partial charge in [0.05, 0.1) is 4.92 Å². The lowest BCUT2D eigenvalue weighted by Gasteiger charge is -2.19. The van der Waals surface area contributed by atoms with Gasteiger partial charge >= 0.3 is 0 Å². The normalized spacial score (nSPS) is 12.2. The standard InChI is InChI=1S/C14H18BrFN2O3/c1-3-9(4-2)12(15)8-17-14(19)11-7-10(16)5-6-13(11)18(20)21/h5-7,9,12H,3-4,8H2,1-2H3,(H,17,19). The van der Waals surface area contributed by atoms with E-state index in [1.54, 1.807) is 0 Å². The molecular weight excluding hydrogens is 343 g/mol. The van der Waals surface area contributed by atoms with Crippen LogP contribution in [0.15, 0.2) is 18.2 Å². The molecule has 0 saturated heterocycles. The van der Waals surface area contributed by atoms with Gasteiger partial charge in [0.15, 0.2) is 0 Å². The van der Waals surface area contributed by atoms with Crippen LogP contribution >= 0.6 is 15.9 Å². The van der Waals surface area contributed by atoms with Crippen molar-refractivity contribution in [1.82, 2.24) is 5.32 Å². The molecule has 1 unspecified atom stereocenters. The largest absolute Gasteiger partial charge is 0.351 e. The number of benzene rings is 1. The fourth-order valence-corrected chi connectivity index (χ4v) is 3.01. The fraction of sp³-hybridized carbons (Fsp3) is 0.500. The van der Waals surface area contributed by atoms with Gasteiger partial charge in [-0.05, 0) is 18.1 Å². The minimum atomic E-state index is -0.694. The SMILES string of the molecule is CCC(CC)C(Br)CNC(=O)c1cc(F)ccc1[N+](=O)[O-]. The van der Waals surface area contributed by atoms with Crippen LogP contribution < -0.4 is 5.32 Å². The Morgan fingerprint density at radius 3 is 2.57 bits per heavy atom. The fourth-order valence-electron chi connectivity index (χ4n) is 2.10. The second kappa shape index (κ2) is 8.07. The molecule has 0 aromatic heterocycles. The van der Waals surface area contributed by atoms with Gasteiger partial charge in [-0.25, -0.2) is 4.39 Å². The van der Waals surface area contributed by atoms with Crippen LogP contribution in [0.1, 0.15) is 37.0 Å². The Bertz CT molecular complexity index is 521. The first-order valence-corrected chi connectivity index (χ1v) is 7.68. The quantitative estimate of drug-likeness (QED) is 0.458. The molecule has 0 fully saturated rings.